The van der Waals surface area contributed by atoms with Crippen LogP contribution >= 0.6 is 0 Å². The molecule has 1 N–H and O–H groups in total. The van der Waals surface area contributed by atoms with Crippen LogP contribution in [0.4, 0.5) is 4.79 Å². The van der Waals surface area contributed by atoms with E-state index in [1.807, 2.05) is 0 Å². The predicted molar refractivity (Wildman–Crippen MR) is 30.2 cm³/mol. The van der Waals surface area contributed by atoms with E-state index < -0.39 is 6.03 Å². The number of hydrogen-bond donors (Lipinski definition) is 1. The van der Waals surface area contributed by atoms with E-state index in [0.29, 0.717) is 6.54 Å². The van der Waals surface area contributed by atoms with Crippen molar-refractivity contribution in [3.05, 3.63) is 5.21 Å². The van der Waals surface area contributed by atoms with Crippen molar-refractivity contribution in [1.29, 1.82) is 0 Å². The Morgan fingerprint density at radius 2 is 2.38 bits per heavy atom. The van der Waals surface area contributed by atoms with Gasteiger partial charge in [-0.3, -0.25) is 0 Å². The first-order valence-electron chi connectivity index (χ1n) is 2.37. The number of hydrogen-bond acceptors (Lipinski definition) is 2. The minimum absolute atomic E-state index is 0.253. The molecule has 48 valence electrons. The number of urea groups is 1. The van der Waals surface area contributed by atoms with Crippen molar-refractivity contribution in [3.63, 3.8) is 0 Å². The third-order valence-corrected chi connectivity index (χ3v) is 0.614. The van der Waals surface area contributed by atoms with Gasteiger partial charge >= 0.3 is 6.03 Å². The van der Waals surface area contributed by atoms with Crippen molar-refractivity contribution in [2.75, 3.05) is 13.6 Å². The summed E-state index contributed by atoms with van der Waals surface area (Å²) in [6.07, 6.45) is 0. The number of nitrogens with zero attached hydrogens (tertiary/aromatic N) is 1. The molecule has 0 rings (SSSR count). The Kier molecular flexibility index (Phi) is 2.95. The molecule has 0 radical (unpaired) electrons. The van der Waals surface area contributed by atoms with Crippen molar-refractivity contribution in [3.8, 4) is 0 Å². The van der Waals surface area contributed by atoms with Gasteiger partial charge < -0.3 is 15.6 Å². The number of carbonyl (C=O) groups is 1. The standard InChI is InChI=1S/C4H9N2O2/c1-3-5-4(7)6(2)8/h3H2,1-2H3,(H,5,7)/q-1. The number of carbonyl (C=O) groups excluding carboxylic acids is 1. The Labute approximate surface area is 48.1 Å². The van der Waals surface area contributed by atoms with Gasteiger partial charge in [0.1, 0.15) is 0 Å². The topological polar surface area (TPSA) is 55.4 Å². The second-order valence-corrected chi connectivity index (χ2v) is 1.33. The summed E-state index contributed by atoms with van der Waals surface area (Å²) in [5, 5.41) is 12.6. The SMILES string of the molecule is CCNC(=O)N(C)[O-]. The zero-order valence-electron chi connectivity index (χ0n) is 4.97. The van der Waals surface area contributed by atoms with Crippen molar-refractivity contribution >= 4 is 6.03 Å². The molecule has 0 spiro atoms. The average molecular weight is 117 g/mol. The van der Waals surface area contributed by atoms with Crippen LogP contribution in [0.1, 0.15) is 6.92 Å². The molecule has 0 saturated carbocycles. The van der Waals surface area contributed by atoms with E-state index in [1.165, 1.54) is 0 Å². The molecule has 0 aliphatic carbocycles. The lowest BCUT2D eigenvalue weighted by molar-refractivity contribution is 0.223. The highest BCUT2D eigenvalue weighted by atomic mass is 16.5. The lowest BCUT2D eigenvalue weighted by Gasteiger charge is -2.21. The van der Waals surface area contributed by atoms with Gasteiger partial charge in [-0.15, -0.1) is 0 Å². The fraction of sp³-hybridized carbons (Fsp3) is 0.750. The largest absolute Gasteiger partial charge is 0.755 e. The first-order valence-corrected chi connectivity index (χ1v) is 2.37. The van der Waals surface area contributed by atoms with Gasteiger partial charge in [0.2, 0.25) is 0 Å². The van der Waals surface area contributed by atoms with Crippen molar-refractivity contribution in [2.45, 2.75) is 6.92 Å². The zero-order chi connectivity index (χ0) is 6.57. The van der Waals surface area contributed by atoms with Crippen LogP contribution in [-0.4, -0.2) is 24.7 Å². The van der Waals surface area contributed by atoms with Gasteiger partial charge in [0.25, 0.3) is 0 Å². The lowest BCUT2D eigenvalue weighted by Crippen LogP contribution is -2.32. The fourth-order valence-corrected chi connectivity index (χ4v) is 0.263. The summed E-state index contributed by atoms with van der Waals surface area (Å²) in [5.74, 6) is 0. The molecule has 4 heteroatoms. The lowest BCUT2D eigenvalue weighted by atomic mass is 10.7. The zero-order valence-corrected chi connectivity index (χ0v) is 4.97. The van der Waals surface area contributed by atoms with Gasteiger partial charge in [-0.1, -0.05) is 0 Å². The van der Waals surface area contributed by atoms with Crippen LogP contribution < -0.4 is 5.32 Å². The molecule has 8 heavy (non-hydrogen) atoms. The van der Waals surface area contributed by atoms with Gasteiger partial charge in [0.05, 0.1) is 0 Å². The van der Waals surface area contributed by atoms with E-state index in [4.69, 9.17) is 0 Å². The van der Waals surface area contributed by atoms with E-state index in [1.54, 1.807) is 6.92 Å². The molecule has 0 aromatic carbocycles. The second kappa shape index (κ2) is 3.26. The molecule has 0 heterocycles. The number of nitrogens with one attached hydrogen (secondary N) is 1. The highest BCUT2D eigenvalue weighted by Crippen LogP contribution is 1.75. The van der Waals surface area contributed by atoms with Crippen LogP contribution in [0, 0.1) is 5.21 Å². The summed E-state index contributed by atoms with van der Waals surface area (Å²) < 4.78 is 0. The number of amides is 2. The van der Waals surface area contributed by atoms with Crippen LogP contribution in [0.3, 0.4) is 0 Å². The van der Waals surface area contributed by atoms with Crippen LogP contribution in [-0.2, 0) is 0 Å². The van der Waals surface area contributed by atoms with Gasteiger partial charge in [-0.05, 0) is 14.0 Å². The smallest absolute Gasteiger partial charge is 0.306 e. The van der Waals surface area contributed by atoms with Crippen molar-refractivity contribution < 1.29 is 4.79 Å². The molecule has 0 unspecified atom stereocenters. The molecule has 0 atom stereocenters. The summed E-state index contributed by atoms with van der Waals surface area (Å²) in [5.41, 5.74) is 0. The molecule has 0 bridgehead atoms. The highest BCUT2D eigenvalue weighted by Gasteiger charge is 1.91. The molecule has 0 fully saturated rings. The molecule has 0 aromatic heterocycles. The monoisotopic (exact) mass is 117 g/mol. The van der Waals surface area contributed by atoms with E-state index in [9.17, 15) is 10.0 Å². The van der Waals surface area contributed by atoms with Gasteiger partial charge in [-0.2, -0.15) is 0 Å². The fourth-order valence-electron chi connectivity index (χ4n) is 0.263. The third-order valence-electron chi connectivity index (χ3n) is 0.614. The Balaban J connectivity index is 3.33. The molecular formula is C4H9N2O2-. The quantitative estimate of drug-likeness (QED) is 0.497. The van der Waals surface area contributed by atoms with E-state index in [-0.39, 0.29) is 5.06 Å². The second-order valence-electron chi connectivity index (χ2n) is 1.33. The predicted octanol–water partition coefficient (Wildman–Crippen LogP) is 0.146. The third kappa shape index (κ3) is 2.41. The summed E-state index contributed by atoms with van der Waals surface area (Å²) in [6.45, 7) is 2.24. The Bertz CT molecular complexity index is 82.1. The van der Waals surface area contributed by atoms with Crippen molar-refractivity contribution in [1.82, 2.24) is 10.4 Å². The Morgan fingerprint density at radius 1 is 1.88 bits per heavy atom. The minimum Gasteiger partial charge on any atom is -0.755 e. The molecule has 2 amide bonds. The molecule has 0 saturated heterocycles. The average Bonchev–Trinajstić information content (AvgIpc) is 1.67. The molecule has 0 aliphatic heterocycles. The van der Waals surface area contributed by atoms with Gasteiger partial charge in [-0.25, -0.2) is 4.79 Å². The maximum absolute atomic E-state index is 10.2. The maximum atomic E-state index is 10.2. The van der Waals surface area contributed by atoms with Crippen LogP contribution in [0.2, 0.25) is 0 Å². The minimum atomic E-state index is -0.590. The van der Waals surface area contributed by atoms with Crippen LogP contribution in [0.5, 0.6) is 0 Å². The molecular weight excluding hydrogens is 108 g/mol. The first kappa shape index (κ1) is 7.23. The maximum Gasteiger partial charge on any atom is 0.306 e. The van der Waals surface area contributed by atoms with Gasteiger partial charge in [0, 0.05) is 6.54 Å². The summed E-state index contributed by atoms with van der Waals surface area (Å²) in [6, 6.07) is -0.590. The molecule has 0 aliphatic rings. The van der Waals surface area contributed by atoms with Crippen LogP contribution in [0.25, 0.3) is 0 Å². The van der Waals surface area contributed by atoms with E-state index >= 15 is 0 Å². The van der Waals surface area contributed by atoms with E-state index in [2.05, 4.69) is 5.32 Å². The van der Waals surface area contributed by atoms with E-state index in [0.717, 1.165) is 7.05 Å². The summed E-state index contributed by atoms with van der Waals surface area (Å²) >= 11 is 0. The van der Waals surface area contributed by atoms with Gasteiger partial charge in [0.15, 0.2) is 0 Å². The normalized spacial score (nSPS) is 8.38. The highest BCUT2D eigenvalue weighted by molar-refractivity contribution is 5.73. The van der Waals surface area contributed by atoms with Crippen LogP contribution in [0.15, 0.2) is 0 Å². The number of rotatable bonds is 1. The van der Waals surface area contributed by atoms with Crippen molar-refractivity contribution in [2.24, 2.45) is 0 Å². The summed E-state index contributed by atoms with van der Waals surface area (Å²) in [4.78, 5) is 10.2. The summed E-state index contributed by atoms with van der Waals surface area (Å²) in [7, 11) is 1.16. The Hall–Kier alpha value is -0.770. The number of hydroxylamine groups is 2. The molecule has 4 nitrogen and oxygen atoms in total. The first-order chi connectivity index (χ1) is 3.68. The Morgan fingerprint density at radius 3 is 2.50 bits per heavy atom. The molecule has 0 aromatic rings.